The second-order valence-electron chi connectivity index (χ2n) is 3.95. The van der Waals surface area contributed by atoms with Crippen LogP contribution in [0.15, 0.2) is 40.0 Å². The normalized spacial score (nSPS) is 11.1. The standard InChI is InChI=1S/C11H9FN4O4S/c12-6-1-3-9(21(13,19)20)8(5-6)14-11(18)7-2-4-10(17)16-15-7/h1-5H,(H,14,18)(H,16,17)(H2,13,19,20). The van der Waals surface area contributed by atoms with Gasteiger partial charge in [0.25, 0.3) is 11.5 Å². The summed E-state index contributed by atoms with van der Waals surface area (Å²) < 4.78 is 35.9. The summed E-state index contributed by atoms with van der Waals surface area (Å²) >= 11 is 0. The van der Waals surface area contributed by atoms with Gasteiger partial charge in [-0.15, -0.1) is 0 Å². The molecule has 1 heterocycles. The lowest BCUT2D eigenvalue weighted by Crippen LogP contribution is -2.20. The van der Waals surface area contributed by atoms with E-state index in [1.807, 2.05) is 5.10 Å². The number of nitrogens with two attached hydrogens (primary N) is 1. The van der Waals surface area contributed by atoms with Crippen molar-refractivity contribution in [3.63, 3.8) is 0 Å². The van der Waals surface area contributed by atoms with Gasteiger partial charge in [-0.1, -0.05) is 0 Å². The zero-order chi connectivity index (χ0) is 15.6. The third-order valence-corrected chi connectivity index (χ3v) is 3.38. The van der Waals surface area contributed by atoms with Crippen LogP contribution in [0.4, 0.5) is 10.1 Å². The number of nitrogens with one attached hydrogen (secondary N) is 2. The van der Waals surface area contributed by atoms with Crippen LogP contribution >= 0.6 is 0 Å². The minimum atomic E-state index is -4.14. The molecule has 2 rings (SSSR count). The van der Waals surface area contributed by atoms with Gasteiger partial charge in [-0.25, -0.2) is 23.0 Å². The minimum Gasteiger partial charge on any atom is -0.319 e. The molecule has 0 bridgehead atoms. The Morgan fingerprint density at radius 2 is 2.00 bits per heavy atom. The van der Waals surface area contributed by atoms with E-state index in [-0.39, 0.29) is 11.4 Å². The van der Waals surface area contributed by atoms with Crippen LogP contribution in [0.25, 0.3) is 0 Å². The molecule has 0 saturated heterocycles. The lowest BCUT2D eigenvalue weighted by Gasteiger charge is -2.09. The van der Waals surface area contributed by atoms with Gasteiger partial charge in [0, 0.05) is 6.07 Å². The third kappa shape index (κ3) is 3.49. The zero-order valence-electron chi connectivity index (χ0n) is 10.3. The van der Waals surface area contributed by atoms with Crippen molar-refractivity contribution in [2.24, 2.45) is 5.14 Å². The number of primary sulfonamides is 1. The van der Waals surface area contributed by atoms with Gasteiger partial charge in [0.05, 0.1) is 5.69 Å². The van der Waals surface area contributed by atoms with Crippen molar-refractivity contribution in [3.05, 3.63) is 52.2 Å². The number of nitrogens with zero attached hydrogens (tertiary/aromatic N) is 1. The second kappa shape index (κ2) is 5.42. The van der Waals surface area contributed by atoms with E-state index >= 15 is 0 Å². The number of carbonyl (C=O) groups is 1. The Hall–Kier alpha value is -2.59. The number of hydrogen-bond acceptors (Lipinski definition) is 5. The number of amides is 1. The van der Waals surface area contributed by atoms with Crippen LogP contribution in [0, 0.1) is 5.82 Å². The van der Waals surface area contributed by atoms with Crippen LogP contribution in [0.2, 0.25) is 0 Å². The molecule has 0 atom stereocenters. The average Bonchev–Trinajstić information content (AvgIpc) is 2.38. The van der Waals surface area contributed by atoms with Crippen LogP contribution < -0.4 is 16.0 Å². The third-order valence-electron chi connectivity index (χ3n) is 2.41. The van der Waals surface area contributed by atoms with E-state index in [0.29, 0.717) is 0 Å². The van der Waals surface area contributed by atoms with Gasteiger partial charge < -0.3 is 5.32 Å². The fourth-order valence-electron chi connectivity index (χ4n) is 1.51. The maximum atomic E-state index is 13.2. The van der Waals surface area contributed by atoms with Gasteiger partial charge in [0.15, 0.2) is 0 Å². The molecular weight excluding hydrogens is 303 g/mol. The van der Waals surface area contributed by atoms with Crippen molar-refractivity contribution < 1.29 is 17.6 Å². The van der Waals surface area contributed by atoms with Crippen molar-refractivity contribution in [1.82, 2.24) is 10.2 Å². The summed E-state index contributed by atoms with van der Waals surface area (Å²) in [7, 11) is -4.14. The molecule has 0 saturated carbocycles. The topological polar surface area (TPSA) is 135 Å². The smallest absolute Gasteiger partial charge is 0.276 e. The molecule has 2 aromatic rings. The molecule has 1 aromatic heterocycles. The van der Waals surface area contributed by atoms with Crippen molar-refractivity contribution in [2.45, 2.75) is 4.90 Å². The van der Waals surface area contributed by atoms with E-state index in [9.17, 15) is 22.4 Å². The molecule has 1 amide bonds. The molecule has 0 aliphatic rings. The van der Waals surface area contributed by atoms with E-state index in [1.165, 1.54) is 0 Å². The number of halogens is 1. The summed E-state index contributed by atoms with van der Waals surface area (Å²) in [5.74, 6) is -1.59. The predicted molar refractivity (Wildman–Crippen MR) is 70.6 cm³/mol. The van der Waals surface area contributed by atoms with Gasteiger partial charge in [0.1, 0.15) is 16.4 Å². The maximum Gasteiger partial charge on any atom is 0.276 e. The first kappa shape index (κ1) is 14.8. The molecule has 0 unspecified atom stereocenters. The van der Waals surface area contributed by atoms with E-state index in [1.54, 1.807) is 0 Å². The van der Waals surface area contributed by atoms with Gasteiger partial charge in [-0.3, -0.25) is 9.59 Å². The van der Waals surface area contributed by atoms with Gasteiger partial charge in [-0.2, -0.15) is 5.10 Å². The zero-order valence-corrected chi connectivity index (χ0v) is 11.1. The molecule has 0 aliphatic carbocycles. The van der Waals surface area contributed by atoms with Gasteiger partial charge in [0.2, 0.25) is 10.0 Å². The van der Waals surface area contributed by atoms with Crippen LogP contribution in [-0.2, 0) is 10.0 Å². The van der Waals surface area contributed by atoms with Gasteiger partial charge >= 0.3 is 0 Å². The van der Waals surface area contributed by atoms with E-state index in [2.05, 4.69) is 10.4 Å². The molecular formula is C11H9FN4O4S. The van der Waals surface area contributed by atoms with Crippen LogP contribution in [0.1, 0.15) is 10.5 Å². The van der Waals surface area contributed by atoms with Crippen molar-refractivity contribution in [1.29, 1.82) is 0 Å². The number of hydrogen-bond donors (Lipinski definition) is 3. The van der Waals surface area contributed by atoms with Crippen molar-refractivity contribution in [3.8, 4) is 0 Å². The monoisotopic (exact) mass is 312 g/mol. The number of anilines is 1. The number of rotatable bonds is 3. The Labute approximate surface area is 117 Å². The fraction of sp³-hybridized carbons (Fsp3) is 0. The van der Waals surface area contributed by atoms with Crippen LogP contribution in [0.5, 0.6) is 0 Å². The first-order chi connectivity index (χ1) is 9.77. The fourth-order valence-corrected chi connectivity index (χ4v) is 2.18. The first-order valence-corrected chi connectivity index (χ1v) is 7.01. The van der Waals surface area contributed by atoms with Crippen molar-refractivity contribution >= 4 is 21.6 Å². The highest BCUT2D eigenvalue weighted by Crippen LogP contribution is 2.21. The first-order valence-electron chi connectivity index (χ1n) is 5.47. The number of sulfonamides is 1. The SMILES string of the molecule is NS(=O)(=O)c1ccc(F)cc1NC(=O)c1ccc(=O)[nH]n1. The summed E-state index contributed by atoms with van der Waals surface area (Å²) in [4.78, 5) is 22.3. The highest BCUT2D eigenvalue weighted by molar-refractivity contribution is 7.89. The number of benzene rings is 1. The molecule has 0 aliphatic heterocycles. The molecule has 8 nitrogen and oxygen atoms in total. The highest BCUT2D eigenvalue weighted by Gasteiger charge is 2.18. The Morgan fingerprint density at radius 3 is 2.57 bits per heavy atom. The molecule has 0 fully saturated rings. The number of aromatic amines is 1. The van der Waals surface area contributed by atoms with E-state index in [4.69, 9.17) is 5.14 Å². The summed E-state index contributed by atoms with van der Waals surface area (Å²) in [6.07, 6.45) is 0. The Bertz CT molecular complexity index is 842. The second-order valence-corrected chi connectivity index (χ2v) is 5.48. The average molecular weight is 312 g/mol. The Morgan fingerprint density at radius 1 is 1.29 bits per heavy atom. The molecule has 0 radical (unpaired) electrons. The molecule has 0 spiro atoms. The summed E-state index contributed by atoms with van der Waals surface area (Å²) in [6, 6.07) is 4.83. The van der Waals surface area contributed by atoms with Crippen LogP contribution in [0.3, 0.4) is 0 Å². The summed E-state index contributed by atoms with van der Waals surface area (Å²) in [5, 5.41) is 12.7. The number of carbonyl (C=O) groups excluding carboxylic acids is 1. The molecule has 10 heteroatoms. The highest BCUT2D eigenvalue weighted by atomic mass is 32.2. The number of aromatic nitrogens is 2. The predicted octanol–water partition coefficient (Wildman–Crippen LogP) is -0.191. The number of H-pyrrole nitrogens is 1. The lowest BCUT2D eigenvalue weighted by atomic mass is 10.3. The molecule has 21 heavy (non-hydrogen) atoms. The van der Waals surface area contributed by atoms with Crippen molar-refractivity contribution in [2.75, 3.05) is 5.32 Å². The van der Waals surface area contributed by atoms with Crippen LogP contribution in [-0.4, -0.2) is 24.5 Å². The Kier molecular flexibility index (Phi) is 3.82. The molecule has 110 valence electrons. The quantitative estimate of drug-likeness (QED) is 0.722. The minimum absolute atomic E-state index is 0.181. The molecule has 4 N–H and O–H groups in total. The summed E-state index contributed by atoms with van der Waals surface area (Å²) in [6.45, 7) is 0. The largest absolute Gasteiger partial charge is 0.319 e. The lowest BCUT2D eigenvalue weighted by molar-refractivity contribution is 0.102. The van der Waals surface area contributed by atoms with E-state index in [0.717, 1.165) is 30.3 Å². The van der Waals surface area contributed by atoms with E-state index < -0.39 is 32.2 Å². The Balaban J connectivity index is 2.39. The maximum absolute atomic E-state index is 13.2. The molecule has 1 aromatic carbocycles. The van der Waals surface area contributed by atoms with Gasteiger partial charge in [-0.05, 0) is 24.3 Å². The summed E-state index contributed by atoms with van der Waals surface area (Å²) in [5.41, 5.74) is -1.02.